The van der Waals surface area contributed by atoms with E-state index in [0.29, 0.717) is 10.7 Å². The fourth-order valence-corrected chi connectivity index (χ4v) is 3.09. The number of hydrogen-bond donors (Lipinski definition) is 1. The molecule has 6 nitrogen and oxygen atoms in total. The second-order valence-electron chi connectivity index (χ2n) is 4.69. The molecule has 0 aliphatic heterocycles. The molecule has 128 valence electrons. The lowest BCUT2D eigenvalue weighted by molar-refractivity contribution is 0.0512. The van der Waals surface area contributed by atoms with Crippen molar-refractivity contribution in [3.05, 3.63) is 41.6 Å². The van der Waals surface area contributed by atoms with Gasteiger partial charge in [0.05, 0.1) is 18.2 Å². The summed E-state index contributed by atoms with van der Waals surface area (Å²) in [5.41, 5.74) is 0.516. The van der Waals surface area contributed by atoms with E-state index in [4.69, 9.17) is 9.47 Å². The molecule has 1 N–H and O–H groups in total. The Morgan fingerprint density at radius 2 is 1.67 bits per heavy atom. The predicted molar refractivity (Wildman–Crippen MR) is 91.1 cm³/mol. The summed E-state index contributed by atoms with van der Waals surface area (Å²) in [5, 5.41) is 11.0. The average molecular weight is 349 g/mol. The highest BCUT2D eigenvalue weighted by Crippen LogP contribution is 2.38. The van der Waals surface area contributed by atoms with E-state index in [-0.39, 0.29) is 24.5 Å². The van der Waals surface area contributed by atoms with Gasteiger partial charge in [0.25, 0.3) is 0 Å². The van der Waals surface area contributed by atoms with Crippen molar-refractivity contribution in [2.24, 2.45) is 0 Å². The highest BCUT2D eigenvalue weighted by Gasteiger charge is 2.32. The SMILES string of the molecule is CCOC(=O)c1c(O)c(C(=O)OCC)n(-c2ccccc2)c1SC. The smallest absolute Gasteiger partial charge is 0.359 e. The lowest BCUT2D eigenvalue weighted by atomic mass is 10.2. The Morgan fingerprint density at radius 1 is 1.08 bits per heavy atom. The number of carbonyl (C=O) groups excluding carboxylic acids is 2. The summed E-state index contributed by atoms with van der Waals surface area (Å²) >= 11 is 1.24. The lowest BCUT2D eigenvalue weighted by Gasteiger charge is -2.11. The van der Waals surface area contributed by atoms with E-state index in [9.17, 15) is 14.7 Å². The van der Waals surface area contributed by atoms with E-state index < -0.39 is 17.7 Å². The molecule has 0 amide bonds. The molecule has 0 saturated carbocycles. The quantitative estimate of drug-likeness (QED) is 0.637. The first kappa shape index (κ1) is 17.9. The molecular weight excluding hydrogens is 330 g/mol. The topological polar surface area (TPSA) is 77.8 Å². The van der Waals surface area contributed by atoms with Gasteiger partial charge in [0.15, 0.2) is 11.4 Å². The second kappa shape index (κ2) is 7.92. The number of thioether (sulfide) groups is 1. The molecule has 0 fully saturated rings. The van der Waals surface area contributed by atoms with Crippen LogP contribution in [0.15, 0.2) is 35.4 Å². The molecule has 0 spiro atoms. The van der Waals surface area contributed by atoms with Crippen molar-refractivity contribution in [3.8, 4) is 11.4 Å². The van der Waals surface area contributed by atoms with Crippen LogP contribution in [-0.4, -0.2) is 41.1 Å². The number of hydrogen-bond acceptors (Lipinski definition) is 6. The monoisotopic (exact) mass is 349 g/mol. The van der Waals surface area contributed by atoms with E-state index in [2.05, 4.69) is 0 Å². The highest BCUT2D eigenvalue weighted by molar-refractivity contribution is 7.98. The van der Waals surface area contributed by atoms with Crippen molar-refractivity contribution in [2.75, 3.05) is 19.5 Å². The van der Waals surface area contributed by atoms with Gasteiger partial charge in [0.1, 0.15) is 5.56 Å². The van der Waals surface area contributed by atoms with Gasteiger partial charge in [0.2, 0.25) is 0 Å². The Morgan fingerprint density at radius 3 is 2.21 bits per heavy atom. The fraction of sp³-hybridized carbons (Fsp3) is 0.294. The van der Waals surface area contributed by atoms with Gasteiger partial charge in [-0.1, -0.05) is 18.2 Å². The number of rotatable bonds is 6. The molecule has 2 rings (SSSR count). The fourth-order valence-electron chi connectivity index (χ4n) is 2.33. The van der Waals surface area contributed by atoms with Crippen molar-refractivity contribution in [1.29, 1.82) is 0 Å². The number of ether oxygens (including phenoxy) is 2. The third-order valence-corrected chi connectivity index (χ3v) is 4.03. The molecule has 1 aromatic carbocycles. The van der Waals surface area contributed by atoms with Crippen molar-refractivity contribution >= 4 is 23.7 Å². The van der Waals surface area contributed by atoms with Gasteiger partial charge < -0.3 is 14.6 Å². The number of nitrogens with zero attached hydrogens (tertiary/aromatic N) is 1. The maximum absolute atomic E-state index is 12.4. The maximum Gasteiger partial charge on any atom is 0.359 e. The summed E-state index contributed by atoms with van der Waals surface area (Å²) in [6, 6.07) is 8.99. The molecule has 24 heavy (non-hydrogen) atoms. The van der Waals surface area contributed by atoms with Crippen LogP contribution in [0.1, 0.15) is 34.7 Å². The lowest BCUT2D eigenvalue weighted by Crippen LogP contribution is -2.11. The van der Waals surface area contributed by atoms with E-state index in [1.807, 2.05) is 6.07 Å². The van der Waals surface area contributed by atoms with Crippen LogP contribution in [-0.2, 0) is 9.47 Å². The van der Waals surface area contributed by atoms with Crippen LogP contribution in [0, 0.1) is 0 Å². The van der Waals surface area contributed by atoms with Gasteiger partial charge in [-0.05, 0) is 32.2 Å². The molecule has 2 aromatic rings. The summed E-state index contributed by atoms with van der Waals surface area (Å²) in [4.78, 5) is 24.6. The van der Waals surface area contributed by atoms with E-state index in [1.54, 1.807) is 44.4 Å². The number of para-hydroxylation sites is 1. The zero-order chi connectivity index (χ0) is 17.7. The van der Waals surface area contributed by atoms with Crippen LogP contribution in [0.4, 0.5) is 0 Å². The number of benzene rings is 1. The van der Waals surface area contributed by atoms with E-state index in [0.717, 1.165) is 0 Å². The zero-order valence-corrected chi connectivity index (χ0v) is 14.6. The predicted octanol–water partition coefficient (Wildman–Crippen LogP) is 3.26. The van der Waals surface area contributed by atoms with E-state index in [1.165, 1.54) is 16.3 Å². The van der Waals surface area contributed by atoms with Crippen LogP contribution in [0.2, 0.25) is 0 Å². The van der Waals surface area contributed by atoms with Crippen molar-refractivity contribution < 1.29 is 24.2 Å². The Labute approximate surface area is 144 Å². The second-order valence-corrected chi connectivity index (χ2v) is 5.49. The van der Waals surface area contributed by atoms with Gasteiger partial charge >= 0.3 is 11.9 Å². The third-order valence-electron chi connectivity index (χ3n) is 3.26. The van der Waals surface area contributed by atoms with Crippen LogP contribution >= 0.6 is 11.8 Å². The minimum Gasteiger partial charge on any atom is -0.505 e. The average Bonchev–Trinajstić information content (AvgIpc) is 2.88. The van der Waals surface area contributed by atoms with Crippen LogP contribution in [0.5, 0.6) is 5.75 Å². The van der Waals surface area contributed by atoms with Crippen molar-refractivity contribution in [3.63, 3.8) is 0 Å². The third kappa shape index (κ3) is 3.26. The zero-order valence-electron chi connectivity index (χ0n) is 13.7. The molecule has 0 bridgehead atoms. The number of aromatic nitrogens is 1. The standard InChI is InChI=1S/C17H19NO5S/c1-4-22-16(20)12-14(19)13(17(21)23-5-2)18(15(12)24-3)11-9-7-6-8-10-11/h6-10,19H,4-5H2,1-3H3. The number of aromatic hydroxyl groups is 1. The molecule has 1 aromatic heterocycles. The van der Waals surface area contributed by atoms with Crippen molar-refractivity contribution in [2.45, 2.75) is 18.9 Å². The molecule has 0 aliphatic rings. The molecule has 7 heteroatoms. The minimum atomic E-state index is -0.704. The minimum absolute atomic E-state index is 0.0312. The molecular formula is C17H19NO5S. The molecule has 0 saturated heterocycles. The van der Waals surface area contributed by atoms with E-state index >= 15 is 0 Å². The molecule has 0 unspecified atom stereocenters. The summed E-state index contributed by atoms with van der Waals surface area (Å²) in [6.45, 7) is 3.67. The van der Waals surface area contributed by atoms with Crippen LogP contribution in [0.3, 0.4) is 0 Å². The van der Waals surface area contributed by atoms with Crippen molar-refractivity contribution in [1.82, 2.24) is 4.57 Å². The highest BCUT2D eigenvalue weighted by atomic mass is 32.2. The summed E-state index contributed by atoms with van der Waals surface area (Å²) in [6.07, 6.45) is 1.76. The Hall–Kier alpha value is -2.41. The summed E-state index contributed by atoms with van der Waals surface area (Å²) in [7, 11) is 0. The van der Waals surface area contributed by atoms with Crippen LogP contribution in [0.25, 0.3) is 5.69 Å². The molecule has 0 radical (unpaired) electrons. The normalized spacial score (nSPS) is 10.5. The van der Waals surface area contributed by atoms with Gasteiger partial charge in [-0.3, -0.25) is 4.57 Å². The first-order chi connectivity index (χ1) is 11.6. The summed E-state index contributed by atoms with van der Waals surface area (Å²) < 4.78 is 11.6. The van der Waals surface area contributed by atoms with Gasteiger partial charge in [-0.25, -0.2) is 9.59 Å². The Balaban J connectivity index is 2.76. The summed E-state index contributed by atoms with van der Waals surface area (Å²) in [5.74, 6) is -1.82. The first-order valence-corrected chi connectivity index (χ1v) is 8.70. The first-order valence-electron chi connectivity index (χ1n) is 7.48. The molecule has 0 aliphatic carbocycles. The molecule has 1 heterocycles. The van der Waals surface area contributed by atoms with Gasteiger partial charge in [-0.15, -0.1) is 11.8 Å². The molecule has 0 atom stereocenters. The van der Waals surface area contributed by atoms with Crippen LogP contribution < -0.4 is 0 Å². The van der Waals surface area contributed by atoms with Gasteiger partial charge in [-0.2, -0.15) is 0 Å². The van der Waals surface area contributed by atoms with Gasteiger partial charge in [0, 0.05) is 5.69 Å². The number of carbonyl (C=O) groups is 2. The Bertz CT molecular complexity index is 739. The number of esters is 2. The Kier molecular flexibility index (Phi) is 5.92. The largest absolute Gasteiger partial charge is 0.505 e. The maximum atomic E-state index is 12.4.